The second kappa shape index (κ2) is 13.5. The molecule has 0 aliphatic carbocycles. The van der Waals surface area contributed by atoms with Gasteiger partial charge in [-0.3, -0.25) is 0 Å². The van der Waals surface area contributed by atoms with Crippen molar-refractivity contribution in [1.29, 1.82) is 0 Å². The van der Waals surface area contributed by atoms with Gasteiger partial charge in [-0.1, -0.05) is 15.9 Å². The van der Waals surface area contributed by atoms with E-state index in [4.69, 9.17) is 23.7 Å². The van der Waals surface area contributed by atoms with Gasteiger partial charge in [0.15, 0.2) is 0 Å². The lowest BCUT2D eigenvalue weighted by atomic mass is 10.2. The molecule has 0 spiro atoms. The number of ether oxygens (including phenoxy) is 5. The fourth-order valence-electron chi connectivity index (χ4n) is 2.63. The monoisotopic (exact) mass is 513 g/mol. The second-order valence-electron chi connectivity index (χ2n) is 7.87. The summed E-state index contributed by atoms with van der Waals surface area (Å²) >= 11 is 3.49. The molecule has 0 unspecified atom stereocenters. The standard InChI is InChI=1S/C22H32BrN3O6/c1-16-18-13-17(23)14-19(20(18)26-15-25-16)31-12-11-30-10-9-29-8-7-28-6-5-24-21(27)32-22(2,3)4/h13-15H,5-12H2,1-4H3,(H,24,27). The molecule has 10 heteroatoms. The first-order valence-corrected chi connectivity index (χ1v) is 11.3. The first-order valence-electron chi connectivity index (χ1n) is 10.5. The molecule has 1 N–H and O–H groups in total. The molecule has 0 aliphatic heterocycles. The minimum Gasteiger partial charge on any atom is -0.489 e. The number of aryl methyl sites for hydroxylation is 1. The number of carbonyl (C=O) groups is 1. The molecule has 0 bridgehead atoms. The van der Waals surface area contributed by atoms with E-state index in [0.717, 1.165) is 21.1 Å². The highest BCUT2D eigenvalue weighted by atomic mass is 79.9. The highest BCUT2D eigenvalue weighted by Crippen LogP contribution is 2.29. The molecular formula is C22H32BrN3O6. The second-order valence-corrected chi connectivity index (χ2v) is 8.79. The molecule has 1 aromatic heterocycles. The molecule has 178 valence electrons. The molecule has 2 aromatic rings. The van der Waals surface area contributed by atoms with E-state index in [1.165, 1.54) is 6.33 Å². The zero-order chi connectivity index (χ0) is 23.4. The van der Waals surface area contributed by atoms with Crippen LogP contribution >= 0.6 is 15.9 Å². The van der Waals surface area contributed by atoms with Gasteiger partial charge < -0.3 is 29.0 Å². The summed E-state index contributed by atoms with van der Waals surface area (Å²) in [5, 5.41) is 3.58. The predicted molar refractivity (Wildman–Crippen MR) is 124 cm³/mol. The Balaban J connectivity index is 1.47. The Bertz CT molecular complexity index is 859. The lowest BCUT2D eigenvalue weighted by Crippen LogP contribution is -2.34. The highest BCUT2D eigenvalue weighted by molar-refractivity contribution is 9.10. The van der Waals surface area contributed by atoms with E-state index >= 15 is 0 Å². The fourth-order valence-corrected chi connectivity index (χ4v) is 3.06. The topological polar surface area (TPSA) is 101 Å². The van der Waals surface area contributed by atoms with Gasteiger partial charge in [-0.05, 0) is 39.8 Å². The maximum absolute atomic E-state index is 11.5. The molecule has 0 fully saturated rings. The molecule has 0 aliphatic rings. The van der Waals surface area contributed by atoms with Gasteiger partial charge in [0, 0.05) is 22.1 Å². The number of hydrogen-bond donors (Lipinski definition) is 1. The van der Waals surface area contributed by atoms with Gasteiger partial charge in [0.2, 0.25) is 0 Å². The van der Waals surface area contributed by atoms with Gasteiger partial charge in [0.25, 0.3) is 0 Å². The van der Waals surface area contributed by atoms with Crippen LogP contribution < -0.4 is 10.1 Å². The number of fused-ring (bicyclic) bond motifs is 1. The van der Waals surface area contributed by atoms with Gasteiger partial charge in [-0.25, -0.2) is 14.8 Å². The normalized spacial score (nSPS) is 11.5. The summed E-state index contributed by atoms with van der Waals surface area (Å²) in [6, 6.07) is 3.87. The van der Waals surface area contributed by atoms with Crippen molar-refractivity contribution in [2.75, 3.05) is 52.8 Å². The average molecular weight is 514 g/mol. The van der Waals surface area contributed by atoms with Gasteiger partial charge in [-0.15, -0.1) is 0 Å². The molecule has 9 nitrogen and oxygen atoms in total. The number of nitrogens with zero attached hydrogens (tertiary/aromatic N) is 2. The maximum atomic E-state index is 11.5. The van der Waals surface area contributed by atoms with Crippen molar-refractivity contribution in [3.05, 3.63) is 28.6 Å². The largest absolute Gasteiger partial charge is 0.489 e. The zero-order valence-electron chi connectivity index (χ0n) is 19.1. The minimum atomic E-state index is -0.506. The smallest absolute Gasteiger partial charge is 0.407 e. The number of alkyl carbamates (subject to hydrolysis) is 1. The Labute approximate surface area is 197 Å². The molecule has 32 heavy (non-hydrogen) atoms. The number of halogens is 1. The Hall–Kier alpha value is -2.01. The van der Waals surface area contributed by atoms with E-state index in [0.29, 0.717) is 58.5 Å². The SMILES string of the molecule is Cc1ncnc2c(OCCOCCOCCOCCNC(=O)OC(C)(C)C)cc(Br)cc12. The summed E-state index contributed by atoms with van der Waals surface area (Å²) in [5.74, 6) is 0.693. The van der Waals surface area contributed by atoms with E-state index < -0.39 is 11.7 Å². The first kappa shape index (κ1) is 26.2. The van der Waals surface area contributed by atoms with E-state index in [1.54, 1.807) is 0 Å². The van der Waals surface area contributed by atoms with Gasteiger partial charge >= 0.3 is 6.09 Å². The van der Waals surface area contributed by atoms with E-state index in [2.05, 4.69) is 31.2 Å². The predicted octanol–water partition coefficient (Wildman–Crippen LogP) is 3.65. The first-order chi connectivity index (χ1) is 15.3. The Morgan fingerprint density at radius 3 is 2.25 bits per heavy atom. The minimum absolute atomic E-state index is 0.386. The third-order valence-corrected chi connectivity index (χ3v) is 4.47. The quantitative estimate of drug-likeness (QED) is 0.405. The Kier molecular flexibility index (Phi) is 11.1. The van der Waals surface area contributed by atoms with Crippen LogP contribution in [-0.2, 0) is 18.9 Å². The van der Waals surface area contributed by atoms with Crippen molar-refractivity contribution in [3.8, 4) is 5.75 Å². The van der Waals surface area contributed by atoms with E-state index in [9.17, 15) is 4.79 Å². The lowest BCUT2D eigenvalue weighted by Gasteiger charge is -2.19. The van der Waals surface area contributed by atoms with Crippen molar-refractivity contribution in [2.45, 2.75) is 33.3 Å². The molecule has 0 saturated heterocycles. The number of hydrogen-bond acceptors (Lipinski definition) is 8. The van der Waals surface area contributed by atoms with Gasteiger partial charge in [0.1, 0.15) is 29.8 Å². The summed E-state index contributed by atoms with van der Waals surface area (Å²) in [5.41, 5.74) is 1.18. The van der Waals surface area contributed by atoms with Crippen LogP contribution in [0.5, 0.6) is 5.75 Å². The highest BCUT2D eigenvalue weighted by Gasteiger charge is 2.15. The van der Waals surface area contributed by atoms with Crippen molar-refractivity contribution >= 4 is 32.9 Å². The lowest BCUT2D eigenvalue weighted by molar-refractivity contribution is 0.00910. The van der Waals surface area contributed by atoms with E-state index in [-0.39, 0.29) is 0 Å². The number of aromatic nitrogens is 2. The number of benzene rings is 1. The summed E-state index contributed by atoms with van der Waals surface area (Å²) in [6.07, 6.45) is 1.09. The number of carbonyl (C=O) groups excluding carboxylic acids is 1. The van der Waals surface area contributed by atoms with Crippen molar-refractivity contribution < 1.29 is 28.5 Å². The van der Waals surface area contributed by atoms with Crippen LogP contribution in [0.15, 0.2) is 22.9 Å². The number of amides is 1. The number of rotatable bonds is 13. The fraction of sp³-hybridized carbons (Fsp3) is 0.591. The van der Waals surface area contributed by atoms with Crippen molar-refractivity contribution in [3.63, 3.8) is 0 Å². The summed E-state index contributed by atoms with van der Waals surface area (Å²) < 4.78 is 28.3. The van der Waals surface area contributed by atoms with Crippen LogP contribution in [-0.4, -0.2) is 74.5 Å². The molecule has 0 atom stereocenters. The van der Waals surface area contributed by atoms with Crippen LogP contribution in [0.4, 0.5) is 4.79 Å². The maximum Gasteiger partial charge on any atom is 0.407 e. The molecule has 1 heterocycles. The summed E-state index contributed by atoms with van der Waals surface area (Å²) in [4.78, 5) is 20.0. The molecule has 0 radical (unpaired) electrons. The van der Waals surface area contributed by atoms with Crippen LogP contribution in [0.25, 0.3) is 10.9 Å². The number of nitrogens with one attached hydrogen (secondary N) is 1. The molecule has 2 rings (SSSR count). The van der Waals surface area contributed by atoms with Gasteiger partial charge in [-0.2, -0.15) is 0 Å². The molecule has 1 amide bonds. The molecular weight excluding hydrogens is 482 g/mol. The third-order valence-electron chi connectivity index (χ3n) is 4.01. The molecule has 1 aromatic carbocycles. The zero-order valence-corrected chi connectivity index (χ0v) is 20.7. The Morgan fingerprint density at radius 2 is 1.59 bits per heavy atom. The van der Waals surface area contributed by atoms with E-state index in [1.807, 2.05) is 39.8 Å². The summed E-state index contributed by atoms with van der Waals surface area (Å²) in [6.45, 7) is 10.8. The third kappa shape index (κ3) is 10.1. The summed E-state index contributed by atoms with van der Waals surface area (Å²) in [7, 11) is 0. The van der Waals surface area contributed by atoms with Crippen molar-refractivity contribution in [1.82, 2.24) is 15.3 Å². The van der Waals surface area contributed by atoms with Crippen LogP contribution in [0.2, 0.25) is 0 Å². The van der Waals surface area contributed by atoms with Crippen LogP contribution in [0.1, 0.15) is 26.5 Å². The van der Waals surface area contributed by atoms with Crippen molar-refractivity contribution in [2.24, 2.45) is 0 Å². The van der Waals surface area contributed by atoms with Crippen LogP contribution in [0, 0.1) is 6.92 Å². The van der Waals surface area contributed by atoms with Gasteiger partial charge in [0.05, 0.1) is 39.6 Å². The average Bonchev–Trinajstić information content (AvgIpc) is 2.70. The van der Waals surface area contributed by atoms with Crippen LogP contribution in [0.3, 0.4) is 0 Å². The molecule has 0 saturated carbocycles. The Morgan fingerprint density at radius 1 is 0.969 bits per heavy atom.